The molecule has 56 heavy (non-hydrogen) atoms. The molecular weight excluding hydrogens is 740 g/mol. The summed E-state index contributed by atoms with van der Waals surface area (Å²) in [5, 5.41) is 29.2. The number of carbonyl (C=O) groups is 2. The third kappa shape index (κ3) is 15.2. The molecule has 0 spiro atoms. The van der Waals surface area contributed by atoms with E-state index in [1.54, 1.807) is 12.1 Å². The maximum Gasteiger partial charge on any atom is 0.330 e. The van der Waals surface area contributed by atoms with E-state index in [1.807, 2.05) is 13.0 Å². The van der Waals surface area contributed by atoms with E-state index < -0.39 is 16.9 Å². The van der Waals surface area contributed by atoms with Gasteiger partial charge in [0.05, 0.1) is 42.1 Å². The summed E-state index contributed by atoms with van der Waals surface area (Å²) in [6, 6.07) is 13.4. The molecule has 0 heterocycles. The van der Waals surface area contributed by atoms with Crippen LogP contribution in [0.15, 0.2) is 94.3 Å². The lowest BCUT2D eigenvalue weighted by Crippen LogP contribution is -2.24. The Hall–Kier alpha value is -5.63. The van der Waals surface area contributed by atoms with Gasteiger partial charge in [-0.15, -0.1) is 15.3 Å². The first-order valence-electron chi connectivity index (χ1n) is 18.7. The molecule has 0 N–H and O–H groups in total. The van der Waals surface area contributed by atoms with Gasteiger partial charge in [-0.1, -0.05) is 38.6 Å². The fourth-order valence-corrected chi connectivity index (χ4v) is 5.49. The topological polar surface area (TPSA) is 167 Å². The summed E-state index contributed by atoms with van der Waals surface area (Å²) in [4.78, 5) is 35.8. The van der Waals surface area contributed by atoms with Gasteiger partial charge in [0.1, 0.15) is 28.6 Å². The van der Waals surface area contributed by atoms with E-state index in [0.717, 1.165) is 62.2 Å². The maximum atomic E-state index is 11.4. The molecule has 3 aromatic carbocycles. The van der Waals surface area contributed by atoms with E-state index in [1.165, 1.54) is 18.2 Å². The van der Waals surface area contributed by atoms with Gasteiger partial charge >= 0.3 is 11.9 Å². The fraction of sp³-hybridized carbons (Fsp3) is 0.415. The molecule has 0 aliphatic heterocycles. The Morgan fingerprint density at radius 1 is 0.714 bits per heavy atom. The van der Waals surface area contributed by atoms with Gasteiger partial charge in [-0.25, -0.2) is 9.59 Å². The molecular formula is C41H51ClN6O8. The van der Waals surface area contributed by atoms with Crippen molar-refractivity contribution in [3.05, 3.63) is 94.5 Å². The molecule has 14 nitrogen and oxygen atoms in total. The van der Waals surface area contributed by atoms with Crippen molar-refractivity contribution in [1.82, 2.24) is 0 Å². The van der Waals surface area contributed by atoms with E-state index >= 15 is 0 Å². The number of anilines is 1. The molecule has 15 heteroatoms. The number of esters is 2. The average molecular weight is 791 g/mol. The number of nitrogens with zero attached hydrogens (tertiary/aromatic N) is 6. The van der Waals surface area contributed by atoms with Gasteiger partial charge in [0, 0.05) is 55.2 Å². The van der Waals surface area contributed by atoms with Crippen LogP contribution in [-0.4, -0.2) is 56.4 Å². The van der Waals surface area contributed by atoms with Crippen LogP contribution in [0.1, 0.15) is 70.8 Å². The Bertz CT molecular complexity index is 1840. The van der Waals surface area contributed by atoms with Crippen LogP contribution in [0.5, 0.6) is 11.5 Å². The molecule has 0 aliphatic rings. The van der Waals surface area contributed by atoms with Crippen molar-refractivity contribution < 1.29 is 33.5 Å². The minimum absolute atomic E-state index is 0.0529. The number of hydrogen-bond acceptors (Lipinski definition) is 13. The molecule has 0 atom stereocenters. The van der Waals surface area contributed by atoms with Gasteiger partial charge in [0.15, 0.2) is 0 Å². The number of rotatable bonds is 26. The second-order valence-electron chi connectivity index (χ2n) is 12.6. The van der Waals surface area contributed by atoms with Crippen LogP contribution >= 0.6 is 11.6 Å². The van der Waals surface area contributed by atoms with Crippen LogP contribution in [0.2, 0.25) is 5.02 Å². The third-order valence-corrected chi connectivity index (χ3v) is 8.46. The second kappa shape index (κ2) is 24.7. The predicted octanol–water partition coefficient (Wildman–Crippen LogP) is 11.6. The highest BCUT2D eigenvalue weighted by Crippen LogP contribution is 2.42. The summed E-state index contributed by atoms with van der Waals surface area (Å²) in [5.41, 5.74) is 3.52. The first-order valence-corrected chi connectivity index (χ1v) is 19.1. The van der Waals surface area contributed by atoms with Crippen molar-refractivity contribution in [3.8, 4) is 11.5 Å². The molecule has 3 aromatic rings. The van der Waals surface area contributed by atoms with Crippen LogP contribution in [0.4, 0.5) is 34.1 Å². The van der Waals surface area contributed by atoms with Crippen molar-refractivity contribution in [1.29, 1.82) is 0 Å². The lowest BCUT2D eigenvalue weighted by molar-refractivity contribution is -0.384. The van der Waals surface area contributed by atoms with Crippen LogP contribution in [-0.2, 0) is 19.1 Å². The minimum Gasteiger partial charge on any atom is -0.491 e. The van der Waals surface area contributed by atoms with Crippen molar-refractivity contribution in [2.75, 3.05) is 44.4 Å². The molecule has 3 rings (SSSR count). The number of nitro groups is 1. The monoisotopic (exact) mass is 790 g/mol. The number of azo groups is 2. The number of aryl methyl sites for hydroxylation is 1. The van der Waals surface area contributed by atoms with Crippen molar-refractivity contribution in [3.63, 3.8) is 0 Å². The number of non-ortho nitro benzene ring substituents is 1. The summed E-state index contributed by atoms with van der Waals surface area (Å²) in [5.74, 6) is -0.215. The normalized spacial score (nSPS) is 11.1. The standard InChI is InChI=1S/C41H51ClN6O8/c1-6-20-47(21-7-2)31-16-18-34(30(5)26-31)43-45-36-28-39(54-23-13-11-15-25-56-41(50)9-4)37(46-44-35-19-17-32(48(51)52)27-33(35)42)29-38(36)53-22-12-10-14-24-55-40(49)8-3/h8-9,16-19,26-29H,3-4,6-7,10-15,20-25H2,1-2,5H3/b45-43+,46-44+. The lowest BCUT2D eigenvalue weighted by Gasteiger charge is -2.24. The Kier molecular flexibility index (Phi) is 19.8. The predicted molar refractivity (Wildman–Crippen MR) is 218 cm³/mol. The van der Waals surface area contributed by atoms with E-state index in [-0.39, 0.29) is 29.6 Å². The molecule has 300 valence electrons. The quantitative estimate of drug-likeness (QED) is 0.0192. The molecule has 0 amide bonds. The number of halogens is 1. The molecule has 0 bridgehead atoms. The number of carbonyl (C=O) groups excluding carboxylic acids is 2. The van der Waals surface area contributed by atoms with Crippen LogP contribution in [0.25, 0.3) is 0 Å². The Morgan fingerprint density at radius 2 is 1.20 bits per heavy atom. The summed E-state index contributed by atoms with van der Waals surface area (Å²) in [6.45, 7) is 16.2. The van der Waals surface area contributed by atoms with Crippen LogP contribution in [0.3, 0.4) is 0 Å². The molecule has 0 radical (unpaired) electrons. The van der Waals surface area contributed by atoms with E-state index in [9.17, 15) is 19.7 Å². The van der Waals surface area contributed by atoms with Gasteiger partial charge in [-0.3, -0.25) is 10.1 Å². The zero-order valence-corrected chi connectivity index (χ0v) is 33.2. The van der Waals surface area contributed by atoms with Crippen LogP contribution < -0.4 is 14.4 Å². The molecule has 0 aromatic heterocycles. The smallest absolute Gasteiger partial charge is 0.330 e. The zero-order chi connectivity index (χ0) is 40.7. The number of ether oxygens (including phenoxy) is 4. The molecule has 0 unspecified atom stereocenters. The largest absolute Gasteiger partial charge is 0.491 e. The minimum atomic E-state index is -0.545. The summed E-state index contributed by atoms with van der Waals surface area (Å²) >= 11 is 6.31. The summed E-state index contributed by atoms with van der Waals surface area (Å²) in [7, 11) is 0. The maximum absolute atomic E-state index is 11.4. The SMILES string of the molecule is C=CC(=O)OCCCCCOc1cc(/N=N/c2ccc([N+](=O)[O-])cc2Cl)c(OCCCCCOC(=O)C=C)cc1/N=N/c1ccc(N(CCC)CCC)cc1C. The Balaban J connectivity index is 1.95. The van der Waals surface area contributed by atoms with Gasteiger partial charge in [0.2, 0.25) is 0 Å². The number of benzene rings is 3. The van der Waals surface area contributed by atoms with Crippen molar-refractivity contribution >= 4 is 57.7 Å². The highest BCUT2D eigenvalue weighted by Gasteiger charge is 2.15. The number of nitro benzene ring substituents is 1. The van der Waals surface area contributed by atoms with Gasteiger partial charge < -0.3 is 23.8 Å². The fourth-order valence-electron chi connectivity index (χ4n) is 5.28. The van der Waals surface area contributed by atoms with Crippen molar-refractivity contribution in [2.24, 2.45) is 20.5 Å². The van der Waals surface area contributed by atoms with Crippen LogP contribution in [0, 0.1) is 17.0 Å². The van der Waals surface area contributed by atoms with Gasteiger partial charge in [0.25, 0.3) is 5.69 Å². The van der Waals surface area contributed by atoms with Gasteiger partial charge in [-0.05, 0) is 88.1 Å². The first-order chi connectivity index (χ1) is 27.1. The number of unbranched alkanes of at least 4 members (excludes halogenated alkanes) is 4. The summed E-state index contributed by atoms with van der Waals surface area (Å²) in [6.07, 6.45) is 8.39. The van der Waals surface area contributed by atoms with Crippen molar-refractivity contribution in [2.45, 2.75) is 72.1 Å². The highest BCUT2D eigenvalue weighted by molar-refractivity contribution is 6.33. The second-order valence-corrected chi connectivity index (χ2v) is 13.0. The van der Waals surface area contributed by atoms with Gasteiger partial charge in [-0.2, -0.15) is 5.11 Å². The van der Waals surface area contributed by atoms with E-state index in [2.05, 4.69) is 64.5 Å². The average Bonchev–Trinajstić information content (AvgIpc) is 3.19. The highest BCUT2D eigenvalue weighted by atomic mass is 35.5. The zero-order valence-electron chi connectivity index (χ0n) is 32.4. The summed E-state index contributed by atoms with van der Waals surface area (Å²) < 4.78 is 22.6. The molecule has 0 saturated carbocycles. The van der Waals surface area contributed by atoms with E-state index in [4.69, 9.17) is 30.5 Å². The molecule has 0 fully saturated rings. The lowest BCUT2D eigenvalue weighted by atomic mass is 10.1. The Morgan fingerprint density at radius 3 is 1.66 bits per heavy atom. The molecule has 0 saturated heterocycles. The first kappa shape index (κ1) is 44.8. The third-order valence-electron chi connectivity index (χ3n) is 8.16. The number of hydrogen-bond donors (Lipinski definition) is 0. The van der Waals surface area contributed by atoms with E-state index in [0.29, 0.717) is 67.5 Å². The Labute approximate surface area is 333 Å². The molecule has 0 aliphatic carbocycles.